The highest BCUT2D eigenvalue weighted by molar-refractivity contribution is 5.83. The lowest BCUT2D eigenvalue weighted by atomic mass is 10.3. The monoisotopic (exact) mass is 242 g/mol. The molecule has 0 saturated carbocycles. The van der Waals surface area contributed by atoms with Gasteiger partial charge >= 0.3 is 0 Å². The molecule has 0 spiro atoms. The lowest BCUT2D eigenvalue weighted by molar-refractivity contribution is 0.745. The fraction of sp³-hybridized carbons (Fsp3) is 0.273. The summed E-state index contributed by atoms with van der Waals surface area (Å²) in [6.07, 6.45) is 1.41. The summed E-state index contributed by atoms with van der Waals surface area (Å²) in [5, 5.41) is 8.76. The number of hydrogen-bond donors (Lipinski definition) is 0. The Morgan fingerprint density at radius 2 is 2.06 bits per heavy atom. The molecule has 0 aromatic carbocycles. The van der Waals surface area contributed by atoms with E-state index in [1.165, 1.54) is 10.7 Å². The predicted molar refractivity (Wildman–Crippen MR) is 65.7 cm³/mol. The van der Waals surface area contributed by atoms with E-state index in [-0.39, 0.29) is 5.56 Å². The molecule has 0 unspecified atom stereocenters. The van der Waals surface area contributed by atoms with Crippen LogP contribution < -0.4 is 5.56 Å². The summed E-state index contributed by atoms with van der Waals surface area (Å²) >= 11 is 0. The summed E-state index contributed by atoms with van der Waals surface area (Å²) in [7, 11) is 3.58. The van der Waals surface area contributed by atoms with Crippen molar-refractivity contribution in [1.29, 1.82) is 0 Å². The van der Waals surface area contributed by atoms with Crippen LogP contribution in [0.15, 0.2) is 11.0 Å². The maximum absolute atomic E-state index is 12.3. The average molecular weight is 242 g/mol. The molecule has 0 saturated heterocycles. The average Bonchev–Trinajstić information content (AvgIpc) is 2.88. The highest BCUT2D eigenvalue weighted by Gasteiger charge is 2.18. The van der Waals surface area contributed by atoms with Gasteiger partial charge < -0.3 is 4.57 Å². The predicted octanol–water partition coefficient (Wildman–Crippen LogP) is 0.779. The van der Waals surface area contributed by atoms with Gasteiger partial charge in [-0.15, -0.1) is 0 Å². The second-order valence-electron chi connectivity index (χ2n) is 4.15. The van der Waals surface area contributed by atoms with Crippen LogP contribution in [0, 0.1) is 13.5 Å². The van der Waals surface area contributed by atoms with E-state index in [4.69, 9.17) is 6.57 Å². The molecule has 3 aromatic rings. The molecule has 0 fully saturated rings. The Kier molecular flexibility index (Phi) is 1.87. The van der Waals surface area contributed by atoms with Gasteiger partial charge in [-0.1, -0.05) is 0 Å². The van der Waals surface area contributed by atoms with E-state index >= 15 is 0 Å². The molecule has 0 aliphatic rings. The first-order valence-corrected chi connectivity index (χ1v) is 5.33. The minimum Gasteiger partial charge on any atom is -0.322 e. The molecule has 18 heavy (non-hydrogen) atoms. The highest BCUT2D eigenvalue weighted by Crippen LogP contribution is 2.22. The number of aromatic nitrogens is 5. The third-order valence-electron chi connectivity index (χ3n) is 3.08. The van der Waals surface area contributed by atoms with Gasteiger partial charge in [0.1, 0.15) is 16.7 Å². The van der Waals surface area contributed by atoms with Gasteiger partial charge in [-0.25, -0.2) is 4.85 Å². The van der Waals surface area contributed by atoms with E-state index < -0.39 is 0 Å². The maximum atomic E-state index is 12.3. The van der Waals surface area contributed by atoms with E-state index in [0.717, 1.165) is 0 Å². The fourth-order valence-corrected chi connectivity index (χ4v) is 2.36. The van der Waals surface area contributed by atoms with Gasteiger partial charge in [0, 0.05) is 14.1 Å². The Balaban J connectivity index is 2.75. The number of nitrogens with zero attached hydrogens (tertiary/aromatic N) is 6. The van der Waals surface area contributed by atoms with Crippen molar-refractivity contribution in [2.75, 3.05) is 0 Å². The van der Waals surface area contributed by atoms with Crippen molar-refractivity contribution in [2.45, 2.75) is 6.92 Å². The van der Waals surface area contributed by atoms with Crippen molar-refractivity contribution in [1.82, 2.24) is 24.0 Å². The molecule has 0 aliphatic heterocycles. The third-order valence-corrected chi connectivity index (χ3v) is 3.08. The van der Waals surface area contributed by atoms with Crippen LogP contribution in [0.25, 0.3) is 21.5 Å². The van der Waals surface area contributed by atoms with Gasteiger partial charge in [0.25, 0.3) is 5.56 Å². The molecule has 3 aromatic heterocycles. The number of hydrogen-bond acceptors (Lipinski definition) is 3. The number of fused-ring (bicyclic) bond motifs is 2. The molecule has 7 nitrogen and oxygen atoms in total. The van der Waals surface area contributed by atoms with Crippen LogP contribution in [0.3, 0.4) is 0 Å². The molecule has 0 N–H and O–H groups in total. The van der Waals surface area contributed by atoms with Gasteiger partial charge in [-0.05, 0) is 6.92 Å². The van der Waals surface area contributed by atoms with Crippen LogP contribution in [-0.4, -0.2) is 24.0 Å². The topological polar surface area (TPSA) is 61.5 Å². The third kappa shape index (κ3) is 1.04. The van der Waals surface area contributed by atoms with Crippen LogP contribution in [-0.2, 0) is 14.1 Å². The van der Waals surface area contributed by atoms with E-state index in [2.05, 4.69) is 15.0 Å². The van der Waals surface area contributed by atoms with Crippen molar-refractivity contribution in [2.24, 2.45) is 14.1 Å². The van der Waals surface area contributed by atoms with Gasteiger partial charge in [0.05, 0.1) is 18.5 Å². The Hall–Kier alpha value is -2.62. The van der Waals surface area contributed by atoms with Crippen LogP contribution in [0.5, 0.6) is 0 Å². The van der Waals surface area contributed by atoms with Gasteiger partial charge in [0.2, 0.25) is 5.69 Å². The van der Waals surface area contributed by atoms with Crippen molar-refractivity contribution in [3.8, 4) is 0 Å². The zero-order chi connectivity index (χ0) is 13.0. The maximum Gasteiger partial charge on any atom is 0.284 e. The van der Waals surface area contributed by atoms with Crippen LogP contribution >= 0.6 is 0 Å². The van der Waals surface area contributed by atoms with Crippen LogP contribution in [0.4, 0.5) is 5.69 Å². The molecule has 0 amide bonds. The van der Waals surface area contributed by atoms with Crippen molar-refractivity contribution >= 4 is 22.4 Å². The minimum absolute atomic E-state index is 0.237. The first-order chi connectivity index (χ1) is 8.56. The second-order valence-corrected chi connectivity index (χ2v) is 4.15. The van der Waals surface area contributed by atoms with Crippen LogP contribution in [0.1, 0.15) is 5.69 Å². The first kappa shape index (κ1) is 10.5. The molecule has 3 heterocycles. The largest absolute Gasteiger partial charge is 0.322 e. The molecule has 0 bridgehead atoms. The molecule has 90 valence electrons. The first-order valence-electron chi connectivity index (χ1n) is 5.33. The van der Waals surface area contributed by atoms with Gasteiger partial charge in [-0.2, -0.15) is 14.7 Å². The summed E-state index contributed by atoms with van der Waals surface area (Å²) in [5.41, 5.74) is 1.96. The normalized spacial score (nSPS) is 11.2. The van der Waals surface area contributed by atoms with Crippen molar-refractivity contribution < 1.29 is 0 Å². The summed E-state index contributed by atoms with van der Waals surface area (Å²) in [6, 6.07) is 0. The molecule has 7 heteroatoms. The second kappa shape index (κ2) is 3.20. The van der Waals surface area contributed by atoms with Crippen molar-refractivity contribution in [3.63, 3.8) is 0 Å². The Morgan fingerprint density at radius 3 is 2.72 bits per heavy atom. The van der Waals surface area contributed by atoms with E-state index in [1.807, 2.05) is 0 Å². The summed E-state index contributed by atoms with van der Waals surface area (Å²) in [6.45, 7) is 8.90. The number of aryl methyl sites for hydroxylation is 3. The van der Waals surface area contributed by atoms with Gasteiger partial charge in [-0.3, -0.25) is 9.48 Å². The van der Waals surface area contributed by atoms with Crippen LogP contribution in [0.2, 0.25) is 0 Å². The lowest BCUT2D eigenvalue weighted by Gasteiger charge is -2.06. The highest BCUT2D eigenvalue weighted by atomic mass is 16.1. The summed E-state index contributed by atoms with van der Waals surface area (Å²) in [5.74, 6) is 0. The fourth-order valence-electron chi connectivity index (χ4n) is 2.36. The number of rotatable bonds is 0. The molecule has 0 atom stereocenters. The molecule has 0 aliphatic carbocycles. The molecule has 0 radical (unpaired) electrons. The zero-order valence-corrected chi connectivity index (χ0v) is 10.2. The Labute approximate surface area is 102 Å². The summed E-state index contributed by atoms with van der Waals surface area (Å²) in [4.78, 5) is 15.7. The quantitative estimate of drug-likeness (QED) is 0.547. The van der Waals surface area contributed by atoms with Gasteiger partial charge in [0.15, 0.2) is 0 Å². The van der Waals surface area contributed by atoms with E-state index in [1.54, 1.807) is 30.3 Å². The SMILES string of the molecule is [C-]#[N+]c1cnn2c(=O)c3c(C)nn(C)c3n(C)c12. The summed E-state index contributed by atoms with van der Waals surface area (Å²) < 4.78 is 4.67. The zero-order valence-electron chi connectivity index (χ0n) is 10.2. The minimum atomic E-state index is -0.237. The lowest BCUT2D eigenvalue weighted by Crippen LogP contribution is -2.19. The standard InChI is InChI=1S/C11H10N6O/c1-6-8-10(16(4)14-6)15(3)9-7(12-2)5-13-17(9)11(8)18/h5H,1,3-4H3. The van der Waals surface area contributed by atoms with E-state index in [0.29, 0.717) is 28.1 Å². The Bertz CT molecular complexity index is 888. The Morgan fingerprint density at radius 1 is 1.33 bits per heavy atom. The molecular weight excluding hydrogens is 232 g/mol. The molecular formula is C11H10N6O. The smallest absolute Gasteiger partial charge is 0.284 e. The van der Waals surface area contributed by atoms with Crippen molar-refractivity contribution in [3.05, 3.63) is 33.7 Å². The van der Waals surface area contributed by atoms with E-state index in [9.17, 15) is 4.79 Å². The molecule has 3 rings (SSSR count).